The minimum Gasteiger partial charge on any atom is -0.258 e. The Balaban J connectivity index is 0.000000671. The van der Waals surface area contributed by atoms with Gasteiger partial charge in [-0.25, -0.2) is 0 Å². The number of nitrogens with zero attached hydrogens (tertiary/aromatic N) is 1. The van der Waals surface area contributed by atoms with Crippen LogP contribution in [0.5, 0.6) is 0 Å². The van der Waals surface area contributed by atoms with E-state index < -0.39 is 16.4 Å². The van der Waals surface area contributed by atoms with E-state index in [-0.39, 0.29) is 0 Å². The molecule has 0 aliphatic heterocycles. The molecule has 0 N–H and O–H groups in total. The molecule has 0 aliphatic rings. The number of aryl methyl sites for hydroxylation is 1. The van der Waals surface area contributed by atoms with E-state index in [1.807, 2.05) is 13.8 Å². The summed E-state index contributed by atoms with van der Waals surface area (Å²) in [4.78, 5) is 9.41. The van der Waals surface area contributed by atoms with Crippen LogP contribution in [0.15, 0.2) is 18.2 Å². The Hall–Kier alpha value is -1.45. The van der Waals surface area contributed by atoms with Crippen LogP contribution in [-0.4, -0.2) is 4.92 Å². The lowest BCUT2D eigenvalue weighted by atomic mass is 10.2. The van der Waals surface area contributed by atoms with Crippen molar-refractivity contribution < 1.29 is 9.31 Å². The number of nitro groups is 1. The van der Waals surface area contributed by atoms with Crippen LogP contribution in [0, 0.1) is 22.9 Å². The minimum absolute atomic E-state index is 0.468. The topological polar surface area (TPSA) is 43.1 Å². The van der Waals surface area contributed by atoms with Crippen LogP contribution in [-0.2, 0) is 0 Å². The Bertz CT molecular complexity index is 300. The molecular weight excluding hydrogens is 173 g/mol. The smallest absolute Gasteiger partial charge is 0.258 e. The van der Waals surface area contributed by atoms with Gasteiger partial charge < -0.3 is 0 Å². The van der Waals surface area contributed by atoms with E-state index >= 15 is 0 Å². The monoisotopic (exact) mass is 185 g/mol. The van der Waals surface area contributed by atoms with Crippen LogP contribution in [0.4, 0.5) is 10.1 Å². The number of hydrogen-bond acceptors (Lipinski definition) is 2. The van der Waals surface area contributed by atoms with Gasteiger partial charge in [-0.1, -0.05) is 19.9 Å². The molecule has 0 spiro atoms. The van der Waals surface area contributed by atoms with Crippen molar-refractivity contribution >= 4 is 5.69 Å². The summed E-state index contributed by atoms with van der Waals surface area (Å²) < 4.78 is 12.6. The molecule has 0 atom stereocenters. The van der Waals surface area contributed by atoms with Crippen molar-refractivity contribution in [3.63, 3.8) is 0 Å². The van der Waals surface area contributed by atoms with Crippen molar-refractivity contribution in [1.82, 2.24) is 0 Å². The van der Waals surface area contributed by atoms with Gasteiger partial charge in [0.05, 0.1) is 4.92 Å². The maximum atomic E-state index is 12.6. The van der Waals surface area contributed by atoms with Crippen molar-refractivity contribution in [1.29, 1.82) is 0 Å². The molecule has 0 heterocycles. The van der Waals surface area contributed by atoms with Crippen molar-refractivity contribution in [2.45, 2.75) is 20.8 Å². The van der Waals surface area contributed by atoms with Crippen LogP contribution in [0.2, 0.25) is 0 Å². The Morgan fingerprint density at radius 1 is 1.38 bits per heavy atom. The van der Waals surface area contributed by atoms with Crippen LogP contribution < -0.4 is 0 Å². The van der Waals surface area contributed by atoms with Gasteiger partial charge in [0.15, 0.2) is 0 Å². The van der Waals surface area contributed by atoms with Crippen LogP contribution in [0.25, 0.3) is 0 Å². The zero-order valence-electron chi connectivity index (χ0n) is 7.87. The van der Waals surface area contributed by atoms with E-state index in [1.165, 1.54) is 12.1 Å². The van der Waals surface area contributed by atoms with Gasteiger partial charge in [-0.05, 0) is 18.6 Å². The van der Waals surface area contributed by atoms with Gasteiger partial charge in [0.1, 0.15) is 0 Å². The quantitative estimate of drug-likeness (QED) is 0.498. The van der Waals surface area contributed by atoms with Crippen LogP contribution in [0.3, 0.4) is 0 Å². The number of rotatable bonds is 1. The third-order valence-electron chi connectivity index (χ3n) is 1.30. The number of nitro benzene ring substituents is 1. The summed E-state index contributed by atoms with van der Waals surface area (Å²) in [5.41, 5.74) is 0.211. The summed E-state index contributed by atoms with van der Waals surface area (Å²) in [6, 6.07) is 3.78. The molecule has 0 aliphatic carbocycles. The molecule has 0 saturated carbocycles. The lowest BCUT2D eigenvalue weighted by Crippen LogP contribution is -1.92. The van der Waals surface area contributed by atoms with Gasteiger partial charge in [0.2, 0.25) is 5.82 Å². The predicted molar refractivity (Wildman–Crippen MR) is 49.1 cm³/mol. The molecule has 1 aromatic rings. The lowest BCUT2D eigenvalue weighted by Gasteiger charge is -1.93. The first-order valence-corrected chi connectivity index (χ1v) is 4.02. The minimum atomic E-state index is -0.791. The average Bonchev–Trinajstić information content (AvgIpc) is 2.12. The molecule has 1 aromatic carbocycles. The second-order valence-electron chi connectivity index (χ2n) is 2.21. The third kappa shape index (κ3) is 3.19. The Kier molecular flexibility index (Phi) is 4.66. The summed E-state index contributed by atoms with van der Waals surface area (Å²) >= 11 is 0. The van der Waals surface area contributed by atoms with E-state index in [0.717, 1.165) is 6.07 Å². The average molecular weight is 185 g/mol. The highest BCUT2D eigenvalue weighted by Crippen LogP contribution is 2.17. The van der Waals surface area contributed by atoms with Crippen molar-refractivity contribution in [3.05, 3.63) is 39.7 Å². The van der Waals surface area contributed by atoms with Crippen molar-refractivity contribution in [2.24, 2.45) is 0 Å². The molecule has 0 amide bonds. The van der Waals surface area contributed by atoms with E-state index in [9.17, 15) is 14.5 Å². The first kappa shape index (κ1) is 11.6. The summed E-state index contributed by atoms with van der Waals surface area (Å²) in [5, 5.41) is 10.1. The van der Waals surface area contributed by atoms with Crippen LogP contribution in [0.1, 0.15) is 19.4 Å². The Labute approximate surface area is 76.4 Å². The second-order valence-corrected chi connectivity index (χ2v) is 2.21. The molecule has 13 heavy (non-hydrogen) atoms. The fourth-order valence-corrected chi connectivity index (χ4v) is 0.763. The predicted octanol–water partition coefficient (Wildman–Crippen LogP) is 3.07. The molecule has 1 rings (SSSR count). The fraction of sp³-hybridized carbons (Fsp3) is 0.333. The van der Waals surface area contributed by atoms with Gasteiger partial charge in [-0.3, -0.25) is 10.1 Å². The molecule has 0 saturated heterocycles. The number of hydrogen-bond donors (Lipinski definition) is 0. The standard InChI is InChI=1S/C7H6FNO2.C2H6/c1-5-2-3-6(8)7(4-5)9(10)11;1-2/h2-4H,1H3;1-2H3. The van der Waals surface area contributed by atoms with E-state index in [1.54, 1.807) is 6.92 Å². The summed E-state index contributed by atoms with van der Waals surface area (Å²) in [7, 11) is 0. The SMILES string of the molecule is CC.Cc1ccc(F)c([N+](=O)[O-])c1. The highest BCUT2D eigenvalue weighted by atomic mass is 19.1. The lowest BCUT2D eigenvalue weighted by molar-refractivity contribution is -0.387. The highest BCUT2D eigenvalue weighted by molar-refractivity contribution is 5.35. The molecule has 72 valence electrons. The summed E-state index contributed by atoms with van der Waals surface area (Å²) in [6.07, 6.45) is 0. The second kappa shape index (κ2) is 5.24. The summed E-state index contributed by atoms with van der Waals surface area (Å²) in [6.45, 7) is 5.67. The normalized spacial score (nSPS) is 8.62. The molecule has 3 nitrogen and oxygen atoms in total. The molecule has 0 radical (unpaired) electrons. The van der Waals surface area contributed by atoms with Crippen molar-refractivity contribution in [3.8, 4) is 0 Å². The largest absolute Gasteiger partial charge is 0.305 e. The highest BCUT2D eigenvalue weighted by Gasteiger charge is 2.12. The van der Waals surface area contributed by atoms with Crippen LogP contribution >= 0.6 is 0 Å². The molecule has 4 heteroatoms. The Morgan fingerprint density at radius 3 is 2.31 bits per heavy atom. The summed E-state index contributed by atoms with van der Waals surface area (Å²) in [5.74, 6) is -0.791. The van der Waals surface area contributed by atoms with Gasteiger partial charge in [0, 0.05) is 6.07 Å². The first-order chi connectivity index (χ1) is 6.11. The molecule has 0 aromatic heterocycles. The van der Waals surface area contributed by atoms with E-state index in [0.29, 0.717) is 5.56 Å². The van der Waals surface area contributed by atoms with E-state index in [4.69, 9.17) is 0 Å². The molecule has 0 fully saturated rings. The van der Waals surface area contributed by atoms with Crippen molar-refractivity contribution in [2.75, 3.05) is 0 Å². The Morgan fingerprint density at radius 2 is 1.92 bits per heavy atom. The fourth-order valence-electron chi connectivity index (χ4n) is 0.763. The van der Waals surface area contributed by atoms with E-state index in [2.05, 4.69) is 0 Å². The zero-order valence-corrected chi connectivity index (χ0v) is 7.87. The third-order valence-corrected chi connectivity index (χ3v) is 1.30. The first-order valence-electron chi connectivity index (χ1n) is 4.02. The van der Waals surface area contributed by atoms with Gasteiger partial charge >= 0.3 is 5.69 Å². The molecular formula is C9H12FNO2. The zero-order chi connectivity index (χ0) is 10.4. The molecule has 0 bridgehead atoms. The van der Waals surface area contributed by atoms with Gasteiger partial charge in [0.25, 0.3) is 0 Å². The van der Waals surface area contributed by atoms with Gasteiger partial charge in [-0.2, -0.15) is 4.39 Å². The maximum Gasteiger partial charge on any atom is 0.305 e. The number of halogens is 1. The number of benzene rings is 1. The molecule has 0 unspecified atom stereocenters. The van der Waals surface area contributed by atoms with Gasteiger partial charge in [-0.15, -0.1) is 0 Å². The maximum absolute atomic E-state index is 12.6.